The van der Waals surface area contributed by atoms with Crippen LogP contribution in [0, 0.1) is 6.92 Å². The van der Waals surface area contributed by atoms with Crippen LogP contribution in [0.2, 0.25) is 0 Å². The van der Waals surface area contributed by atoms with Crippen molar-refractivity contribution in [2.45, 2.75) is 45.2 Å². The van der Waals surface area contributed by atoms with E-state index in [1.807, 2.05) is 6.07 Å². The van der Waals surface area contributed by atoms with Gasteiger partial charge in [0, 0.05) is 32.0 Å². The highest BCUT2D eigenvalue weighted by Gasteiger charge is 2.29. The van der Waals surface area contributed by atoms with Crippen LogP contribution in [0.3, 0.4) is 0 Å². The Morgan fingerprint density at radius 1 is 1.38 bits per heavy atom. The van der Waals surface area contributed by atoms with Gasteiger partial charge in [0.1, 0.15) is 11.6 Å². The van der Waals surface area contributed by atoms with Crippen LogP contribution in [0.25, 0.3) is 0 Å². The van der Waals surface area contributed by atoms with Gasteiger partial charge in [0.25, 0.3) is 5.56 Å². The van der Waals surface area contributed by atoms with Crippen LogP contribution in [0.5, 0.6) is 5.75 Å². The number of rotatable bonds is 4. The topological polar surface area (TPSA) is 58.2 Å². The summed E-state index contributed by atoms with van der Waals surface area (Å²) in [5, 5.41) is 0. The van der Waals surface area contributed by atoms with Crippen molar-refractivity contribution in [1.29, 1.82) is 0 Å². The smallest absolute Gasteiger partial charge is 0.255 e. The molecule has 24 heavy (non-hydrogen) atoms. The third kappa shape index (κ3) is 2.96. The van der Waals surface area contributed by atoms with Crippen LogP contribution < -0.4 is 10.3 Å². The molecule has 0 amide bonds. The molecule has 1 aromatic carbocycles. The standard InChI is InChI=1S/C19H23N3O2/c1-12-9-15(24-2)6-5-14(12)10-22-8-7-17-16(11-22)19(23)21-18(20-17)13-3-4-13/h5-6,9,13H,3-4,7-8,10-11H2,1-2H3,(H,20,21,23). The Morgan fingerprint density at radius 3 is 2.92 bits per heavy atom. The molecule has 1 aliphatic carbocycles. The molecule has 2 aliphatic rings. The maximum Gasteiger partial charge on any atom is 0.255 e. The average Bonchev–Trinajstić information content (AvgIpc) is 3.42. The van der Waals surface area contributed by atoms with Crippen LogP contribution in [-0.2, 0) is 19.5 Å². The number of nitrogens with one attached hydrogen (secondary N) is 1. The Balaban J connectivity index is 1.53. The monoisotopic (exact) mass is 325 g/mol. The fourth-order valence-corrected chi connectivity index (χ4v) is 3.40. The summed E-state index contributed by atoms with van der Waals surface area (Å²) < 4.78 is 5.27. The van der Waals surface area contributed by atoms with E-state index in [0.29, 0.717) is 12.5 Å². The summed E-state index contributed by atoms with van der Waals surface area (Å²) in [7, 11) is 1.69. The number of H-pyrrole nitrogens is 1. The second kappa shape index (κ2) is 6.06. The maximum atomic E-state index is 12.4. The second-order valence-electron chi connectivity index (χ2n) is 6.90. The number of fused-ring (bicyclic) bond motifs is 1. The van der Waals surface area contributed by atoms with Gasteiger partial charge < -0.3 is 9.72 Å². The second-order valence-corrected chi connectivity index (χ2v) is 6.90. The Labute approximate surface area is 141 Å². The number of benzene rings is 1. The summed E-state index contributed by atoms with van der Waals surface area (Å²) >= 11 is 0. The van der Waals surface area contributed by atoms with Crippen molar-refractivity contribution in [3.63, 3.8) is 0 Å². The van der Waals surface area contributed by atoms with E-state index < -0.39 is 0 Å². The zero-order valence-electron chi connectivity index (χ0n) is 14.3. The van der Waals surface area contributed by atoms with E-state index in [9.17, 15) is 4.79 Å². The van der Waals surface area contributed by atoms with E-state index in [1.165, 1.54) is 11.1 Å². The molecule has 2 aromatic rings. The molecule has 126 valence electrons. The van der Waals surface area contributed by atoms with Crippen LogP contribution >= 0.6 is 0 Å². The van der Waals surface area contributed by atoms with Gasteiger partial charge in [-0.3, -0.25) is 9.69 Å². The summed E-state index contributed by atoms with van der Waals surface area (Å²) in [6, 6.07) is 6.17. The molecule has 0 saturated heterocycles. The van der Waals surface area contributed by atoms with E-state index in [2.05, 4.69) is 28.9 Å². The highest BCUT2D eigenvalue weighted by atomic mass is 16.5. The number of aromatic nitrogens is 2. The van der Waals surface area contributed by atoms with E-state index in [-0.39, 0.29) is 5.56 Å². The molecular formula is C19H23N3O2. The van der Waals surface area contributed by atoms with Crippen LogP contribution in [0.15, 0.2) is 23.0 Å². The van der Waals surface area contributed by atoms with Crippen molar-refractivity contribution < 1.29 is 4.74 Å². The van der Waals surface area contributed by atoms with Gasteiger partial charge in [0.15, 0.2) is 0 Å². The average molecular weight is 325 g/mol. The number of hydrogen-bond donors (Lipinski definition) is 1. The maximum absolute atomic E-state index is 12.4. The van der Waals surface area contributed by atoms with Gasteiger partial charge in [-0.25, -0.2) is 4.98 Å². The minimum Gasteiger partial charge on any atom is -0.497 e. The number of hydrogen-bond acceptors (Lipinski definition) is 4. The van der Waals surface area contributed by atoms with Crippen molar-refractivity contribution in [2.75, 3.05) is 13.7 Å². The fourth-order valence-electron chi connectivity index (χ4n) is 3.40. The molecule has 1 N–H and O–H groups in total. The van der Waals surface area contributed by atoms with Crippen molar-refractivity contribution in [1.82, 2.24) is 14.9 Å². The quantitative estimate of drug-likeness (QED) is 0.938. The molecule has 5 heteroatoms. The van der Waals surface area contributed by atoms with Gasteiger partial charge in [-0.1, -0.05) is 6.07 Å². The molecule has 4 rings (SSSR count). The van der Waals surface area contributed by atoms with Crippen molar-refractivity contribution in [2.24, 2.45) is 0 Å². The number of aromatic amines is 1. The van der Waals surface area contributed by atoms with Crippen molar-refractivity contribution in [3.05, 3.63) is 56.8 Å². The largest absolute Gasteiger partial charge is 0.497 e. The zero-order chi connectivity index (χ0) is 16.7. The molecular weight excluding hydrogens is 302 g/mol. The predicted octanol–water partition coefficient (Wildman–Crippen LogP) is 2.52. The minimum absolute atomic E-state index is 0.0538. The van der Waals surface area contributed by atoms with Gasteiger partial charge in [0.2, 0.25) is 0 Å². The first kappa shape index (κ1) is 15.4. The molecule has 5 nitrogen and oxygen atoms in total. The molecule has 1 saturated carbocycles. The highest BCUT2D eigenvalue weighted by molar-refractivity contribution is 5.35. The van der Waals surface area contributed by atoms with E-state index in [1.54, 1.807) is 7.11 Å². The van der Waals surface area contributed by atoms with Gasteiger partial charge in [-0.2, -0.15) is 0 Å². The number of aryl methyl sites for hydroxylation is 1. The number of ether oxygens (including phenoxy) is 1. The third-order valence-corrected chi connectivity index (χ3v) is 5.07. The van der Waals surface area contributed by atoms with Crippen molar-refractivity contribution in [3.8, 4) is 5.75 Å². The first-order valence-electron chi connectivity index (χ1n) is 8.62. The molecule has 0 atom stereocenters. The van der Waals surface area contributed by atoms with Crippen LogP contribution in [0.1, 0.15) is 47.0 Å². The molecule has 1 aliphatic heterocycles. The fraction of sp³-hybridized carbons (Fsp3) is 0.474. The Morgan fingerprint density at radius 2 is 2.21 bits per heavy atom. The molecule has 0 spiro atoms. The zero-order valence-corrected chi connectivity index (χ0v) is 14.3. The summed E-state index contributed by atoms with van der Waals surface area (Å²) in [5.74, 6) is 2.27. The normalized spacial score (nSPS) is 17.6. The lowest BCUT2D eigenvalue weighted by Crippen LogP contribution is -2.35. The molecule has 0 unspecified atom stereocenters. The SMILES string of the molecule is COc1ccc(CN2CCc3nc(C4CC4)[nH]c(=O)c3C2)c(C)c1. The highest BCUT2D eigenvalue weighted by Crippen LogP contribution is 2.37. The van der Waals surface area contributed by atoms with Crippen LogP contribution in [-0.4, -0.2) is 28.5 Å². The van der Waals surface area contributed by atoms with E-state index in [0.717, 1.165) is 55.2 Å². The van der Waals surface area contributed by atoms with Crippen LogP contribution in [0.4, 0.5) is 0 Å². The summed E-state index contributed by atoms with van der Waals surface area (Å²) in [6.45, 7) is 4.57. The lowest BCUT2D eigenvalue weighted by atomic mass is 10.0. The first-order chi connectivity index (χ1) is 11.6. The third-order valence-electron chi connectivity index (χ3n) is 5.07. The first-order valence-corrected chi connectivity index (χ1v) is 8.62. The Bertz CT molecular complexity index is 824. The summed E-state index contributed by atoms with van der Waals surface area (Å²) in [4.78, 5) is 22.5. The lowest BCUT2D eigenvalue weighted by molar-refractivity contribution is 0.241. The van der Waals surface area contributed by atoms with Gasteiger partial charge in [-0.05, 0) is 43.0 Å². The summed E-state index contributed by atoms with van der Waals surface area (Å²) in [6.07, 6.45) is 3.17. The number of methoxy groups -OCH3 is 1. The van der Waals surface area contributed by atoms with Crippen molar-refractivity contribution >= 4 is 0 Å². The van der Waals surface area contributed by atoms with Gasteiger partial charge >= 0.3 is 0 Å². The summed E-state index contributed by atoms with van der Waals surface area (Å²) in [5.41, 5.74) is 4.40. The predicted molar refractivity (Wildman–Crippen MR) is 92.4 cm³/mol. The molecule has 0 radical (unpaired) electrons. The van der Waals surface area contributed by atoms with E-state index >= 15 is 0 Å². The molecule has 0 bridgehead atoms. The number of nitrogens with zero attached hydrogens (tertiary/aromatic N) is 2. The molecule has 1 aromatic heterocycles. The lowest BCUT2D eigenvalue weighted by Gasteiger charge is -2.28. The molecule has 2 heterocycles. The van der Waals surface area contributed by atoms with E-state index in [4.69, 9.17) is 9.72 Å². The Hall–Kier alpha value is -2.14. The molecule has 1 fully saturated rings. The van der Waals surface area contributed by atoms with Gasteiger partial charge in [0.05, 0.1) is 18.4 Å². The Kier molecular flexibility index (Phi) is 3.88. The van der Waals surface area contributed by atoms with Gasteiger partial charge in [-0.15, -0.1) is 0 Å². The minimum atomic E-state index is 0.0538.